The topological polar surface area (TPSA) is 0 Å². The first-order valence-corrected chi connectivity index (χ1v) is 5.53. The monoisotopic (exact) mass is 168 g/mol. The largest absolute Gasteiger partial charge is 0.172 e. The Morgan fingerprint density at radius 3 is 2.50 bits per heavy atom. The summed E-state index contributed by atoms with van der Waals surface area (Å²) >= 11 is 5.58. The number of rotatable bonds is 3. The van der Waals surface area contributed by atoms with Crippen LogP contribution in [0.5, 0.6) is 0 Å². The zero-order valence-corrected chi connectivity index (χ0v) is 7.43. The van der Waals surface area contributed by atoms with Crippen molar-refractivity contribution in [3.8, 4) is 0 Å². The zero-order valence-electron chi connectivity index (χ0n) is 5.68. The maximum atomic E-state index is 5.58. The average Bonchev–Trinajstić information content (AvgIpc) is 2.03. The molecule has 1 aromatic carbocycles. The van der Waals surface area contributed by atoms with Crippen LogP contribution in [0, 0.1) is 0 Å². The molecule has 0 atom stereocenters. The second kappa shape index (κ2) is 4.53. The minimum absolute atomic E-state index is 0.556. The van der Waals surface area contributed by atoms with Gasteiger partial charge in [0.15, 0.2) is 8.83 Å². The first kappa shape index (κ1) is 7.83. The normalized spacial score (nSPS) is 9.70. The fourth-order valence-corrected chi connectivity index (χ4v) is 1.50. The molecular formula is C8H9ClSi. The van der Waals surface area contributed by atoms with E-state index in [2.05, 4.69) is 24.3 Å². The average molecular weight is 169 g/mol. The van der Waals surface area contributed by atoms with Gasteiger partial charge >= 0.3 is 0 Å². The van der Waals surface area contributed by atoms with E-state index >= 15 is 0 Å². The molecular weight excluding hydrogens is 160 g/mol. The third kappa shape index (κ3) is 2.54. The van der Waals surface area contributed by atoms with Gasteiger partial charge in [-0.15, -0.1) is 0 Å². The lowest BCUT2D eigenvalue weighted by Crippen LogP contribution is -1.85. The summed E-state index contributed by atoms with van der Waals surface area (Å²) in [6, 6.07) is 11.5. The van der Waals surface area contributed by atoms with Crippen LogP contribution in [-0.2, 0) is 6.42 Å². The van der Waals surface area contributed by atoms with Crippen molar-refractivity contribution < 1.29 is 0 Å². The minimum Gasteiger partial charge on any atom is -0.171 e. The molecule has 2 heteroatoms. The van der Waals surface area contributed by atoms with Crippen LogP contribution in [0.1, 0.15) is 5.56 Å². The fraction of sp³-hybridized carbons (Fsp3) is 0.250. The summed E-state index contributed by atoms with van der Waals surface area (Å²) in [6.07, 6.45) is 1.11. The molecule has 0 heterocycles. The molecule has 52 valence electrons. The van der Waals surface area contributed by atoms with Gasteiger partial charge in [0.1, 0.15) is 0 Å². The van der Waals surface area contributed by atoms with E-state index in [1.807, 2.05) is 6.07 Å². The Hall–Kier alpha value is -0.273. The number of hydrogen-bond donors (Lipinski definition) is 0. The molecule has 0 saturated carbocycles. The molecule has 0 aliphatic rings. The second-order valence-corrected chi connectivity index (χ2v) is 3.69. The summed E-state index contributed by atoms with van der Waals surface area (Å²) in [6.45, 7) is 0. The van der Waals surface area contributed by atoms with E-state index in [4.69, 9.17) is 11.1 Å². The maximum Gasteiger partial charge on any atom is 0.172 e. The molecule has 1 aromatic rings. The molecule has 0 saturated heterocycles. The molecule has 0 aliphatic heterocycles. The highest BCUT2D eigenvalue weighted by Crippen LogP contribution is 2.02. The van der Waals surface area contributed by atoms with Gasteiger partial charge in [-0.1, -0.05) is 30.3 Å². The van der Waals surface area contributed by atoms with Crippen LogP contribution in [0.4, 0.5) is 0 Å². The van der Waals surface area contributed by atoms with Gasteiger partial charge in [0.25, 0.3) is 0 Å². The summed E-state index contributed by atoms with van der Waals surface area (Å²) in [5.74, 6) is 0. The summed E-state index contributed by atoms with van der Waals surface area (Å²) in [4.78, 5) is 0. The Balaban J connectivity index is 2.43. The van der Waals surface area contributed by atoms with Crippen LogP contribution in [0.3, 0.4) is 0 Å². The molecule has 0 amide bonds. The van der Waals surface area contributed by atoms with Crippen LogP contribution >= 0.6 is 11.1 Å². The Morgan fingerprint density at radius 2 is 1.90 bits per heavy atom. The highest BCUT2D eigenvalue weighted by molar-refractivity contribution is 6.93. The van der Waals surface area contributed by atoms with E-state index in [0.717, 1.165) is 12.5 Å². The van der Waals surface area contributed by atoms with Gasteiger partial charge in [0, 0.05) is 0 Å². The lowest BCUT2D eigenvalue weighted by molar-refractivity contribution is 1.13. The molecule has 1 rings (SSSR count). The van der Waals surface area contributed by atoms with Gasteiger partial charge in [-0.2, -0.15) is 11.1 Å². The molecule has 0 nitrogen and oxygen atoms in total. The quantitative estimate of drug-likeness (QED) is 0.481. The molecule has 0 spiro atoms. The second-order valence-electron chi connectivity index (χ2n) is 2.12. The number of halogens is 1. The molecule has 0 fully saturated rings. The van der Waals surface area contributed by atoms with E-state index in [1.165, 1.54) is 5.56 Å². The van der Waals surface area contributed by atoms with Crippen molar-refractivity contribution in [3.63, 3.8) is 0 Å². The number of hydrogen-bond acceptors (Lipinski definition) is 0. The van der Waals surface area contributed by atoms with Gasteiger partial charge in [0.05, 0.1) is 0 Å². The standard InChI is InChI=1S/C8H9ClSi/c9-10-7-6-8-4-2-1-3-5-8/h1-5H,6-7H2. The summed E-state index contributed by atoms with van der Waals surface area (Å²) < 4.78 is 0. The third-order valence-electron chi connectivity index (χ3n) is 1.35. The van der Waals surface area contributed by atoms with E-state index in [-0.39, 0.29) is 0 Å². The first-order chi connectivity index (χ1) is 4.93. The predicted molar refractivity (Wildman–Crippen MR) is 46.6 cm³/mol. The molecule has 0 unspecified atom stereocenters. The molecule has 10 heavy (non-hydrogen) atoms. The highest BCUT2D eigenvalue weighted by atomic mass is 35.6. The fourth-order valence-electron chi connectivity index (χ4n) is 0.836. The SMILES string of the molecule is Cl[Si]CCc1ccccc1. The molecule has 0 N–H and O–H groups in total. The van der Waals surface area contributed by atoms with Gasteiger partial charge in [-0.25, -0.2) is 0 Å². The van der Waals surface area contributed by atoms with Crippen LogP contribution in [0.2, 0.25) is 6.04 Å². The lowest BCUT2D eigenvalue weighted by atomic mass is 10.2. The Bertz CT molecular complexity index is 174. The Labute approximate surface area is 68.7 Å². The van der Waals surface area contributed by atoms with E-state index in [0.29, 0.717) is 8.83 Å². The van der Waals surface area contributed by atoms with Crippen molar-refractivity contribution in [3.05, 3.63) is 35.9 Å². The first-order valence-electron chi connectivity index (χ1n) is 3.31. The van der Waals surface area contributed by atoms with Crippen molar-refractivity contribution in [2.75, 3.05) is 0 Å². The predicted octanol–water partition coefficient (Wildman–Crippen LogP) is 2.51. The van der Waals surface area contributed by atoms with E-state index in [1.54, 1.807) is 0 Å². The molecule has 0 bridgehead atoms. The van der Waals surface area contributed by atoms with Crippen molar-refractivity contribution in [1.82, 2.24) is 0 Å². The van der Waals surface area contributed by atoms with Gasteiger partial charge < -0.3 is 0 Å². The zero-order chi connectivity index (χ0) is 7.23. The smallest absolute Gasteiger partial charge is 0.171 e. The summed E-state index contributed by atoms with van der Waals surface area (Å²) in [7, 11) is 0.556. The van der Waals surface area contributed by atoms with Crippen LogP contribution in [-0.4, -0.2) is 8.83 Å². The van der Waals surface area contributed by atoms with Crippen LogP contribution in [0.15, 0.2) is 30.3 Å². The van der Waals surface area contributed by atoms with Crippen LogP contribution < -0.4 is 0 Å². The van der Waals surface area contributed by atoms with Crippen molar-refractivity contribution in [2.24, 2.45) is 0 Å². The van der Waals surface area contributed by atoms with Crippen LogP contribution in [0.25, 0.3) is 0 Å². The Morgan fingerprint density at radius 1 is 1.20 bits per heavy atom. The van der Waals surface area contributed by atoms with E-state index in [9.17, 15) is 0 Å². The van der Waals surface area contributed by atoms with Gasteiger partial charge in [0.2, 0.25) is 0 Å². The third-order valence-corrected chi connectivity index (χ3v) is 2.36. The maximum absolute atomic E-state index is 5.58. The summed E-state index contributed by atoms with van der Waals surface area (Å²) in [5.41, 5.74) is 1.38. The highest BCUT2D eigenvalue weighted by Gasteiger charge is 1.89. The number of benzene rings is 1. The van der Waals surface area contributed by atoms with Gasteiger partial charge in [-0.05, 0) is 18.0 Å². The Kier molecular flexibility index (Phi) is 3.55. The lowest BCUT2D eigenvalue weighted by Gasteiger charge is -1.95. The number of aryl methyl sites for hydroxylation is 1. The minimum atomic E-state index is 0.556. The van der Waals surface area contributed by atoms with Gasteiger partial charge in [-0.3, -0.25) is 0 Å². The molecule has 0 aromatic heterocycles. The van der Waals surface area contributed by atoms with Crippen molar-refractivity contribution in [1.29, 1.82) is 0 Å². The summed E-state index contributed by atoms with van der Waals surface area (Å²) in [5, 5.41) is 0. The van der Waals surface area contributed by atoms with E-state index < -0.39 is 0 Å². The molecule has 2 radical (unpaired) electrons. The molecule has 0 aliphatic carbocycles. The van der Waals surface area contributed by atoms with Crippen molar-refractivity contribution in [2.45, 2.75) is 12.5 Å². The van der Waals surface area contributed by atoms with Crippen molar-refractivity contribution >= 4 is 19.9 Å².